The highest BCUT2D eigenvalue weighted by Gasteiger charge is 2.44. The summed E-state index contributed by atoms with van der Waals surface area (Å²) < 4.78 is 58.0. The molecule has 0 aliphatic heterocycles. The van der Waals surface area contributed by atoms with Crippen LogP contribution in [0.4, 0.5) is 17.6 Å². The lowest BCUT2D eigenvalue weighted by atomic mass is 10.1. The average molecular weight is 294 g/mol. The summed E-state index contributed by atoms with van der Waals surface area (Å²) in [5.74, 6) is -3.37. The quantitative estimate of drug-likeness (QED) is 0.350. The summed E-state index contributed by atoms with van der Waals surface area (Å²) in [6.07, 6.45) is -8.85. The molecule has 4 nitrogen and oxygen atoms in total. The minimum Gasteiger partial charge on any atom is -0.460 e. The van der Waals surface area contributed by atoms with E-state index < -0.39 is 35.6 Å². The number of alkyl halides is 4. The second-order valence-corrected chi connectivity index (χ2v) is 3.51. The largest absolute Gasteiger partial charge is 0.461 e. The molecular formula is C12H10F4O4. The van der Waals surface area contributed by atoms with Gasteiger partial charge in [-0.2, -0.15) is 17.6 Å². The van der Waals surface area contributed by atoms with Gasteiger partial charge in [-0.15, -0.1) is 0 Å². The van der Waals surface area contributed by atoms with Crippen molar-refractivity contribution in [3.05, 3.63) is 29.8 Å². The number of carbonyl (C=O) groups excluding carboxylic acids is 2. The molecule has 8 heteroatoms. The summed E-state index contributed by atoms with van der Waals surface area (Å²) in [4.78, 5) is 22.9. The summed E-state index contributed by atoms with van der Waals surface area (Å²) in [5, 5.41) is 0. The van der Waals surface area contributed by atoms with E-state index in [1.807, 2.05) is 0 Å². The van der Waals surface area contributed by atoms with Crippen LogP contribution in [-0.4, -0.2) is 30.9 Å². The van der Waals surface area contributed by atoms with Gasteiger partial charge in [0.2, 0.25) is 0 Å². The van der Waals surface area contributed by atoms with Gasteiger partial charge in [0, 0.05) is 0 Å². The lowest BCUT2D eigenvalue weighted by Gasteiger charge is -2.18. The first kappa shape index (κ1) is 15.9. The number of Topliss-reactive ketones (excluding diaryl/α,β-unsaturated/α-hetero) is 1. The third-order valence-corrected chi connectivity index (χ3v) is 2.09. The Kier molecular flexibility index (Phi) is 5.06. The summed E-state index contributed by atoms with van der Waals surface area (Å²) in [5.41, 5.74) is -0.578. The van der Waals surface area contributed by atoms with Crippen LogP contribution in [0.1, 0.15) is 17.3 Å². The Morgan fingerprint density at radius 1 is 1.25 bits per heavy atom. The topological polar surface area (TPSA) is 52.6 Å². The first-order valence-corrected chi connectivity index (χ1v) is 5.45. The van der Waals surface area contributed by atoms with Crippen LogP contribution in [0.3, 0.4) is 0 Å². The average Bonchev–Trinajstić information content (AvgIpc) is 2.38. The number of carbonyl (C=O) groups is 2. The molecular weight excluding hydrogens is 284 g/mol. The van der Waals surface area contributed by atoms with Gasteiger partial charge in [-0.3, -0.25) is 4.79 Å². The Labute approximate surface area is 111 Å². The predicted molar refractivity (Wildman–Crippen MR) is 59.0 cm³/mol. The number of esters is 1. The van der Waals surface area contributed by atoms with Gasteiger partial charge in [0.05, 0.1) is 12.2 Å². The number of halogens is 4. The summed E-state index contributed by atoms with van der Waals surface area (Å²) in [6.45, 7) is 1.35. The number of hydrogen-bond donors (Lipinski definition) is 0. The standard InChI is InChI=1S/C12H10F4O4/c1-2-19-10(18)9(17)7-5-3-4-6-8(7)20-12(15,16)11(13)14/h3-6,11H,2H2,1H3. The van der Waals surface area contributed by atoms with E-state index >= 15 is 0 Å². The molecule has 1 aromatic rings. The fourth-order valence-electron chi connectivity index (χ4n) is 1.24. The van der Waals surface area contributed by atoms with E-state index in [-0.39, 0.29) is 6.61 Å². The van der Waals surface area contributed by atoms with E-state index in [0.717, 1.165) is 12.1 Å². The van der Waals surface area contributed by atoms with E-state index in [4.69, 9.17) is 0 Å². The third-order valence-electron chi connectivity index (χ3n) is 2.09. The van der Waals surface area contributed by atoms with Crippen LogP contribution in [0.5, 0.6) is 5.75 Å². The molecule has 110 valence electrons. The Balaban J connectivity index is 3.06. The number of rotatable bonds is 6. The lowest BCUT2D eigenvalue weighted by Crippen LogP contribution is -2.34. The first-order valence-electron chi connectivity index (χ1n) is 5.45. The van der Waals surface area contributed by atoms with Crippen molar-refractivity contribution in [3.63, 3.8) is 0 Å². The highest BCUT2D eigenvalue weighted by Crippen LogP contribution is 2.30. The molecule has 0 aromatic heterocycles. The van der Waals surface area contributed by atoms with Gasteiger partial charge >= 0.3 is 18.5 Å². The maximum atomic E-state index is 12.8. The minimum absolute atomic E-state index is 0.0964. The molecule has 0 aliphatic rings. The van der Waals surface area contributed by atoms with Gasteiger partial charge in [0.1, 0.15) is 5.75 Å². The Morgan fingerprint density at radius 3 is 2.40 bits per heavy atom. The van der Waals surface area contributed by atoms with Crippen LogP contribution in [0.15, 0.2) is 24.3 Å². The molecule has 0 radical (unpaired) electrons. The van der Waals surface area contributed by atoms with E-state index in [1.165, 1.54) is 19.1 Å². The van der Waals surface area contributed by atoms with Crippen molar-refractivity contribution in [1.29, 1.82) is 0 Å². The molecule has 0 spiro atoms. The van der Waals surface area contributed by atoms with Crippen molar-refractivity contribution in [2.75, 3.05) is 6.61 Å². The Bertz CT molecular complexity index is 502. The lowest BCUT2D eigenvalue weighted by molar-refractivity contribution is -0.253. The van der Waals surface area contributed by atoms with Gasteiger partial charge in [-0.25, -0.2) is 4.79 Å². The van der Waals surface area contributed by atoms with Crippen LogP contribution >= 0.6 is 0 Å². The zero-order valence-electron chi connectivity index (χ0n) is 10.2. The SMILES string of the molecule is CCOC(=O)C(=O)c1ccccc1OC(F)(F)C(F)F. The monoisotopic (exact) mass is 294 g/mol. The molecule has 0 N–H and O–H groups in total. The number of ether oxygens (including phenoxy) is 2. The zero-order chi connectivity index (χ0) is 15.3. The van der Waals surface area contributed by atoms with Crippen LogP contribution in [0, 0.1) is 0 Å². The molecule has 0 aliphatic carbocycles. The van der Waals surface area contributed by atoms with Gasteiger partial charge in [0.25, 0.3) is 5.78 Å². The summed E-state index contributed by atoms with van der Waals surface area (Å²) >= 11 is 0. The number of para-hydroxylation sites is 1. The smallest absolute Gasteiger partial charge is 0.460 e. The van der Waals surface area contributed by atoms with Gasteiger partial charge < -0.3 is 9.47 Å². The molecule has 1 rings (SSSR count). The maximum Gasteiger partial charge on any atom is 0.461 e. The zero-order valence-corrected chi connectivity index (χ0v) is 10.2. The Hall–Kier alpha value is -2.12. The fraction of sp³-hybridized carbons (Fsp3) is 0.333. The maximum absolute atomic E-state index is 12.8. The van der Waals surface area contributed by atoms with E-state index in [0.29, 0.717) is 0 Å². The second kappa shape index (κ2) is 6.36. The summed E-state index contributed by atoms with van der Waals surface area (Å²) in [7, 11) is 0. The molecule has 0 amide bonds. The Morgan fingerprint density at radius 2 is 1.85 bits per heavy atom. The first-order chi connectivity index (χ1) is 9.29. The van der Waals surface area contributed by atoms with Crippen molar-refractivity contribution in [3.8, 4) is 5.75 Å². The second-order valence-electron chi connectivity index (χ2n) is 3.51. The molecule has 0 atom stereocenters. The van der Waals surface area contributed by atoms with E-state index in [1.54, 1.807) is 0 Å². The third kappa shape index (κ3) is 3.69. The highest BCUT2D eigenvalue weighted by molar-refractivity contribution is 6.41. The predicted octanol–water partition coefficient (Wildman–Crippen LogP) is 2.67. The van der Waals surface area contributed by atoms with Crippen LogP contribution in [0.25, 0.3) is 0 Å². The summed E-state index contributed by atoms with van der Waals surface area (Å²) in [6, 6.07) is 4.33. The van der Waals surface area contributed by atoms with Crippen LogP contribution in [0.2, 0.25) is 0 Å². The van der Waals surface area contributed by atoms with Crippen molar-refractivity contribution in [1.82, 2.24) is 0 Å². The molecule has 1 aromatic carbocycles. The van der Waals surface area contributed by atoms with E-state index in [9.17, 15) is 27.2 Å². The molecule has 0 saturated carbocycles. The van der Waals surface area contributed by atoms with Crippen LogP contribution in [-0.2, 0) is 9.53 Å². The fourth-order valence-corrected chi connectivity index (χ4v) is 1.24. The van der Waals surface area contributed by atoms with Gasteiger partial charge in [-0.1, -0.05) is 12.1 Å². The van der Waals surface area contributed by atoms with Crippen molar-refractivity contribution in [2.24, 2.45) is 0 Å². The van der Waals surface area contributed by atoms with Gasteiger partial charge in [0.15, 0.2) is 0 Å². The molecule has 0 heterocycles. The highest BCUT2D eigenvalue weighted by atomic mass is 19.3. The van der Waals surface area contributed by atoms with Crippen molar-refractivity contribution >= 4 is 11.8 Å². The number of hydrogen-bond acceptors (Lipinski definition) is 4. The molecule has 20 heavy (non-hydrogen) atoms. The minimum atomic E-state index is -4.77. The molecule has 0 bridgehead atoms. The number of ketones is 1. The van der Waals surface area contributed by atoms with Crippen molar-refractivity contribution in [2.45, 2.75) is 19.5 Å². The van der Waals surface area contributed by atoms with Gasteiger partial charge in [-0.05, 0) is 19.1 Å². The molecule has 0 fully saturated rings. The van der Waals surface area contributed by atoms with E-state index in [2.05, 4.69) is 9.47 Å². The van der Waals surface area contributed by atoms with Crippen LogP contribution < -0.4 is 4.74 Å². The van der Waals surface area contributed by atoms with Crippen molar-refractivity contribution < 1.29 is 36.6 Å². The number of benzene rings is 1. The molecule has 0 saturated heterocycles. The normalized spacial score (nSPS) is 11.3. The molecule has 0 unspecified atom stereocenters.